The van der Waals surface area contributed by atoms with Crippen molar-refractivity contribution in [2.75, 3.05) is 0 Å². The van der Waals surface area contributed by atoms with Crippen LogP contribution in [0.5, 0.6) is 0 Å². The Morgan fingerprint density at radius 1 is 1.40 bits per heavy atom. The molecule has 0 atom stereocenters. The second-order valence-corrected chi connectivity index (χ2v) is 4.23. The minimum absolute atomic E-state index is 0.847. The first kappa shape index (κ1) is 10.1. The first-order valence-corrected chi connectivity index (χ1v) is 5.33. The van der Waals surface area contributed by atoms with E-state index in [1.165, 1.54) is 0 Å². The molecule has 1 nitrogen and oxygen atoms in total. The molecule has 0 saturated heterocycles. The van der Waals surface area contributed by atoms with Crippen molar-refractivity contribution in [3.8, 4) is 0 Å². The minimum Gasteiger partial charge on any atom is -0.361 e. The monoisotopic (exact) mass is 215 g/mol. The number of allylic oxidation sites excluding steroid dienone is 1. The molecule has 2 heteroatoms. The van der Waals surface area contributed by atoms with Gasteiger partial charge in [-0.1, -0.05) is 42.6 Å². The molecule has 0 bridgehead atoms. The van der Waals surface area contributed by atoms with Crippen molar-refractivity contribution in [1.82, 2.24) is 4.98 Å². The molecule has 0 amide bonds. The highest BCUT2D eigenvalue weighted by atomic mass is 32.1. The van der Waals surface area contributed by atoms with Crippen LogP contribution in [0, 0.1) is 4.51 Å². The second-order valence-electron chi connectivity index (χ2n) is 3.82. The summed E-state index contributed by atoms with van der Waals surface area (Å²) in [5.41, 5.74) is 3.37. The van der Waals surface area contributed by atoms with Gasteiger partial charge in [-0.25, -0.2) is 0 Å². The van der Waals surface area contributed by atoms with Crippen molar-refractivity contribution in [2.24, 2.45) is 0 Å². The van der Waals surface area contributed by atoms with Gasteiger partial charge in [0.05, 0.1) is 4.51 Å². The molecule has 0 aliphatic heterocycles. The van der Waals surface area contributed by atoms with Gasteiger partial charge in [-0.2, -0.15) is 0 Å². The maximum atomic E-state index is 5.45. The summed E-state index contributed by atoms with van der Waals surface area (Å²) in [5, 5.41) is 1.12. The van der Waals surface area contributed by atoms with Crippen molar-refractivity contribution in [3.05, 3.63) is 52.7 Å². The van der Waals surface area contributed by atoms with Gasteiger partial charge in [-0.3, -0.25) is 0 Å². The van der Waals surface area contributed by atoms with E-state index in [0.29, 0.717) is 0 Å². The van der Waals surface area contributed by atoms with Gasteiger partial charge >= 0.3 is 0 Å². The lowest BCUT2D eigenvalue weighted by atomic mass is 10.1. The zero-order chi connectivity index (χ0) is 10.8. The summed E-state index contributed by atoms with van der Waals surface area (Å²) in [6.07, 6.45) is 2.83. The molecule has 2 rings (SSSR count). The van der Waals surface area contributed by atoms with Crippen LogP contribution < -0.4 is 0 Å². The van der Waals surface area contributed by atoms with E-state index in [1.807, 2.05) is 31.3 Å². The molecule has 0 unspecified atom stereocenters. The van der Waals surface area contributed by atoms with E-state index in [9.17, 15) is 0 Å². The summed E-state index contributed by atoms with van der Waals surface area (Å²) in [6, 6.07) is 8.11. The molecule has 15 heavy (non-hydrogen) atoms. The van der Waals surface area contributed by atoms with Gasteiger partial charge < -0.3 is 4.98 Å². The van der Waals surface area contributed by atoms with Crippen LogP contribution in [0.25, 0.3) is 10.9 Å². The van der Waals surface area contributed by atoms with Gasteiger partial charge in [0.25, 0.3) is 0 Å². The first-order valence-electron chi connectivity index (χ1n) is 4.92. The number of benzene rings is 1. The number of H-pyrrole nitrogens is 1. The fourth-order valence-corrected chi connectivity index (χ4v) is 1.98. The summed E-state index contributed by atoms with van der Waals surface area (Å²) in [6.45, 7) is 5.93. The molecule has 0 saturated carbocycles. The smallest absolute Gasteiger partial charge is 0.0520 e. The number of aromatic amines is 1. The number of fused-ring (bicyclic) bond motifs is 1. The molecular weight excluding hydrogens is 202 g/mol. The molecule has 0 radical (unpaired) electrons. The van der Waals surface area contributed by atoms with E-state index in [4.69, 9.17) is 12.2 Å². The zero-order valence-corrected chi connectivity index (χ0v) is 9.53. The Labute approximate surface area is 94.5 Å². The van der Waals surface area contributed by atoms with Crippen molar-refractivity contribution >= 4 is 23.1 Å². The Balaban J connectivity index is 2.65. The highest BCUT2D eigenvalue weighted by molar-refractivity contribution is 7.71. The maximum Gasteiger partial charge on any atom is 0.0520 e. The molecular formula is C13H13NS. The number of para-hydroxylation sites is 1. The SMILES string of the molecule is C=C(C)Cc1c[nH]c2ccccc2c1=S. The second kappa shape index (κ2) is 3.99. The van der Waals surface area contributed by atoms with Gasteiger partial charge in [-0.15, -0.1) is 0 Å². The van der Waals surface area contributed by atoms with Crippen LogP contribution in [0.2, 0.25) is 0 Å². The molecule has 2 aromatic rings. The predicted octanol–water partition coefficient (Wildman–Crippen LogP) is 4.02. The first-order chi connectivity index (χ1) is 7.18. The maximum absolute atomic E-state index is 5.45. The molecule has 76 valence electrons. The average Bonchev–Trinajstić information content (AvgIpc) is 2.22. The number of hydrogen-bond donors (Lipinski definition) is 1. The van der Waals surface area contributed by atoms with Crippen molar-refractivity contribution < 1.29 is 0 Å². The minimum atomic E-state index is 0.847. The number of pyridine rings is 1. The molecule has 1 aromatic heterocycles. The molecule has 1 heterocycles. The lowest BCUT2D eigenvalue weighted by molar-refractivity contribution is 1.13. The van der Waals surface area contributed by atoms with E-state index in [2.05, 4.69) is 17.6 Å². The Bertz CT molecular complexity index is 566. The quantitative estimate of drug-likeness (QED) is 0.591. The number of hydrogen-bond acceptors (Lipinski definition) is 1. The van der Waals surface area contributed by atoms with Crippen molar-refractivity contribution in [3.63, 3.8) is 0 Å². The largest absolute Gasteiger partial charge is 0.361 e. The topological polar surface area (TPSA) is 15.8 Å². The number of rotatable bonds is 2. The number of aromatic nitrogens is 1. The van der Waals surface area contributed by atoms with Crippen LogP contribution in [0.3, 0.4) is 0 Å². The molecule has 1 N–H and O–H groups in total. The lowest BCUT2D eigenvalue weighted by Gasteiger charge is -2.04. The lowest BCUT2D eigenvalue weighted by Crippen LogP contribution is -1.90. The molecule has 0 spiro atoms. The normalized spacial score (nSPS) is 10.5. The van der Waals surface area contributed by atoms with Gasteiger partial charge in [0, 0.05) is 17.1 Å². The van der Waals surface area contributed by atoms with E-state index in [1.54, 1.807) is 0 Å². The van der Waals surface area contributed by atoms with Gasteiger partial charge in [0.1, 0.15) is 0 Å². The third-order valence-corrected chi connectivity index (χ3v) is 2.84. The summed E-state index contributed by atoms with van der Waals surface area (Å²) >= 11 is 5.45. The van der Waals surface area contributed by atoms with Crippen molar-refractivity contribution in [1.29, 1.82) is 0 Å². The van der Waals surface area contributed by atoms with Crippen LogP contribution in [-0.4, -0.2) is 4.98 Å². The van der Waals surface area contributed by atoms with Crippen LogP contribution in [0.1, 0.15) is 12.5 Å². The fourth-order valence-electron chi connectivity index (χ4n) is 1.67. The third kappa shape index (κ3) is 2.00. The highest BCUT2D eigenvalue weighted by Gasteiger charge is 2.00. The summed E-state index contributed by atoms with van der Waals surface area (Å²) in [4.78, 5) is 3.26. The van der Waals surface area contributed by atoms with E-state index < -0.39 is 0 Å². The summed E-state index contributed by atoms with van der Waals surface area (Å²) in [5.74, 6) is 0. The Hall–Kier alpha value is -1.41. The van der Waals surface area contributed by atoms with Gasteiger partial charge in [0.2, 0.25) is 0 Å². The van der Waals surface area contributed by atoms with Crippen molar-refractivity contribution in [2.45, 2.75) is 13.3 Å². The van der Waals surface area contributed by atoms with Gasteiger partial charge in [-0.05, 0) is 25.0 Å². The molecule has 1 aromatic carbocycles. The Kier molecular flexibility index (Phi) is 2.69. The molecule has 0 aliphatic carbocycles. The highest BCUT2D eigenvalue weighted by Crippen LogP contribution is 2.17. The van der Waals surface area contributed by atoms with Crippen LogP contribution in [0.4, 0.5) is 0 Å². The Morgan fingerprint density at radius 2 is 2.13 bits per heavy atom. The third-order valence-electron chi connectivity index (χ3n) is 2.36. The number of nitrogens with one attached hydrogen (secondary N) is 1. The average molecular weight is 215 g/mol. The predicted molar refractivity (Wildman–Crippen MR) is 67.7 cm³/mol. The summed E-state index contributed by atoms with van der Waals surface area (Å²) < 4.78 is 0.937. The van der Waals surface area contributed by atoms with Crippen LogP contribution in [-0.2, 0) is 6.42 Å². The van der Waals surface area contributed by atoms with E-state index >= 15 is 0 Å². The molecule has 0 aliphatic rings. The summed E-state index contributed by atoms with van der Waals surface area (Å²) in [7, 11) is 0. The fraction of sp³-hybridized carbons (Fsp3) is 0.154. The van der Waals surface area contributed by atoms with Crippen LogP contribution >= 0.6 is 12.2 Å². The van der Waals surface area contributed by atoms with Crippen LogP contribution in [0.15, 0.2) is 42.6 Å². The van der Waals surface area contributed by atoms with E-state index in [0.717, 1.165) is 33.0 Å². The van der Waals surface area contributed by atoms with Gasteiger partial charge in [0.15, 0.2) is 0 Å². The standard InChI is InChI=1S/C13H13NS/c1-9(2)7-10-8-14-12-6-4-3-5-11(12)13(10)15/h3-6,8H,1,7H2,2H3,(H,14,15). The molecule has 0 fully saturated rings. The zero-order valence-electron chi connectivity index (χ0n) is 8.71. The van der Waals surface area contributed by atoms with E-state index in [-0.39, 0.29) is 0 Å². The Morgan fingerprint density at radius 3 is 2.87 bits per heavy atom.